The van der Waals surface area contributed by atoms with Crippen LogP contribution in [0, 0.1) is 21.8 Å². The average molecular weight is 401 g/mol. The van der Waals surface area contributed by atoms with Gasteiger partial charge in [-0.05, 0) is 30.3 Å². The molecule has 1 fully saturated rings. The summed E-state index contributed by atoms with van der Waals surface area (Å²) in [5.41, 5.74) is 0.493. The van der Waals surface area contributed by atoms with Crippen LogP contribution in [0.4, 0.5) is 21.5 Å². The van der Waals surface area contributed by atoms with Crippen molar-refractivity contribution >= 4 is 34.8 Å². The smallest absolute Gasteiger partial charge is 0.311 e. The number of hydrogen-bond donors (Lipinski definition) is 1. The molecule has 1 heterocycles. The van der Waals surface area contributed by atoms with Gasteiger partial charge < -0.3 is 15.0 Å². The Balaban J connectivity index is 1.55. The van der Waals surface area contributed by atoms with Crippen LogP contribution in [0.2, 0.25) is 0 Å². The second-order valence-electron chi connectivity index (χ2n) is 6.35. The molecule has 0 aromatic heterocycles. The van der Waals surface area contributed by atoms with E-state index in [-0.39, 0.29) is 24.6 Å². The molecular weight excluding hydrogens is 385 g/mol. The fourth-order valence-electron chi connectivity index (χ4n) is 2.87. The van der Waals surface area contributed by atoms with E-state index in [1.807, 2.05) is 0 Å². The first-order chi connectivity index (χ1) is 13.8. The third-order valence-electron chi connectivity index (χ3n) is 4.28. The van der Waals surface area contributed by atoms with Crippen molar-refractivity contribution in [2.24, 2.45) is 5.92 Å². The SMILES string of the molecule is O=C(COC(=O)[C@H]1CC(=O)N(c2cccc([N+](=O)[O-])c2)C1)Nc1ccc(F)cc1. The maximum Gasteiger partial charge on any atom is 0.311 e. The Morgan fingerprint density at radius 1 is 1.24 bits per heavy atom. The molecule has 1 N–H and O–H groups in total. The largest absolute Gasteiger partial charge is 0.455 e. The minimum Gasteiger partial charge on any atom is -0.455 e. The van der Waals surface area contributed by atoms with Crippen LogP contribution in [-0.2, 0) is 19.1 Å². The number of esters is 1. The molecule has 2 aromatic carbocycles. The molecule has 1 aliphatic rings. The Morgan fingerprint density at radius 3 is 2.66 bits per heavy atom. The molecule has 29 heavy (non-hydrogen) atoms. The summed E-state index contributed by atoms with van der Waals surface area (Å²) >= 11 is 0. The van der Waals surface area contributed by atoms with Crippen LogP contribution >= 0.6 is 0 Å². The summed E-state index contributed by atoms with van der Waals surface area (Å²) in [6.07, 6.45) is -0.124. The number of nitrogens with zero attached hydrogens (tertiary/aromatic N) is 2. The highest BCUT2D eigenvalue weighted by atomic mass is 19.1. The maximum atomic E-state index is 12.9. The summed E-state index contributed by atoms with van der Waals surface area (Å²) < 4.78 is 17.8. The molecule has 0 unspecified atom stereocenters. The number of carbonyl (C=O) groups is 3. The lowest BCUT2D eigenvalue weighted by Gasteiger charge is -2.16. The van der Waals surface area contributed by atoms with E-state index in [0.717, 1.165) is 0 Å². The molecule has 2 amide bonds. The number of benzene rings is 2. The van der Waals surface area contributed by atoms with Crippen molar-refractivity contribution < 1.29 is 28.4 Å². The summed E-state index contributed by atoms with van der Waals surface area (Å²) in [7, 11) is 0. The van der Waals surface area contributed by atoms with Gasteiger partial charge in [-0.1, -0.05) is 6.07 Å². The van der Waals surface area contributed by atoms with Crippen molar-refractivity contribution in [3.8, 4) is 0 Å². The van der Waals surface area contributed by atoms with Crippen LogP contribution in [0.5, 0.6) is 0 Å². The van der Waals surface area contributed by atoms with E-state index in [9.17, 15) is 28.9 Å². The number of ether oxygens (including phenoxy) is 1. The van der Waals surface area contributed by atoms with Crippen molar-refractivity contribution in [3.05, 3.63) is 64.5 Å². The predicted molar refractivity (Wildman–Crippen MR) is 99.5 cm³/mol. The molecule has 1 atom stereocenters. The third-order valence-corrected chi connectivity index (χ3v) is 4.28. The number of carbonyl (C=O) groups excluding carboxylic acids is 3. The van der Waals surface area contributed by atoms with Crippen LogP contribution in [-0.4, -0.2) is 35.9 Å². The van der Waals surface area contributed by atoms with Crippen LogP contribution < -0.4 is 10.2 Å². The van der Waals surface area contributed by atoms with Crippen molar-refractivity contribution in [1.82, 2.24) is 0 Å². The van der Waals surface area contributed by atoms with Gasteiger partial charge in [0, 0.05) is 30.8 Å². The summed E-state index contributed by atoms with van der Waals surface area (Å²) in [6.45, 7) is -0.559. The van der Waals surface area contributed by atoms with Crippen LogP contribution in [0.1, 0.15) is 6.42 Å². The highest BCUT2D eigenvalue weighted by Crippen LogP contribution is 2.28. The second kappa shape index (κ2) is 8.46. The molecular formula is C19H16FN3O6. The molecule has 0 aliphatic carbocycles. The lowest BCUT2D eigenvalue weighted by atomic mass is 10.1. The summed E-state index contributed by atoms with van der Waals surface area (Å²) in [5, 5.41) is 13.3. The first-order valence-electron chi connectivity index (χ1n) is 8.60. The van der Waals surface area contributed by atoms with Crippen molar-refractivity contribution in [3.63, 3.8) is 0 Å². The molecule has 0 radical (unpaired) electrons. The van der Waals surface area contributed by atoms with Gasteiger partial charge in [-0.3, -0.25) is 24.5 Å². The first kappa shape index (κ1) is 19.9. The Morgan fingerprint density at radius 2 is 1.97 bits per heavy atom. The van der Waals surface area contributed by atoms with Gasteiger partial charge in [-0.2, -0.15) is 0 Å². The molecule has 1 aliphatic heterocycles. The van der Waals surface area contributed by atoms with Crippen LogP contribution in [0.25, 0.3) is 0 Å². The van der Waals surface area contributed by atoms with Crippen LogP contribution in [0.15, 0.2) is 48.5 Å². The zero-order chi connectivity index (χ0) is 21.0. The predicted octanol–water partition coefficient (Wildman–Crippen LogP) is 2.27. The van der Waals surface area contributed by atoms with Crippen molar-refractivity contribution in [2.75, 3.05) is 23.4 Å². The van der Waals surface area contributed by atoms with Gasteiger partial charge in [-0.25, -0.2) is 4.39 Å². The highest BCUT2D eigenvalue weighted by Gasteiger charge is 2.36. The van der Waals surface area contributed by atoms with Crippen molar-refractivity contribution in [1.29, 1.82) is 0 Å². The normalized spacial score (nSPS) is 15.8. The molecule has 0 saturated carbocycles. The Labute approximate surface area is 164 Å². The summed E-state index contributed by atoms with van der Waals surface area (Å²) in [6, 6.07) is 10.6. The standard InChI is InChI=1S/C19H16FN3O6/c20-13-4-6-14(7-5-13)21-17(24)11-29-19(26)12-8-18(25)22(10-12)15-2-1-3-16(9-15)23(27)28/h1-7,9,12H,8,10-11H2,(H,21,24)/t12-/m0/s1. The fraction of sp³-hybridized carbons (Fsp3) is 0.211. The first-order valence-corrected chi connectivity index (χ1v) is 8.60. The van der Waals surface area contributed by atoms with Gasteiger partial charge in [0.1, 0.15) is 5.82 Å². The zero-order valence-corrected chi connectivity index (χ0v) is 15.0. The van der Waals surface area contributed by atoms with E-state index in [1.165, 1.54) is 53.4 Å². The van der Waals surface area contributed by atoms with E-state index in [4.69, 9.17) is 4.74 Å². The number of hydrogen-bond acceptors (Lipinski definition) is 6. The molecule has 2 aromatic rings. The second-order valence-corrected chi connectivity index (χ2v) is 6.35. The molecule has 10 heteroatoms. The number of nitro groups is 1. The number of halogens is 1. The van der Waals surface area contributed by atoms with E-state index in [0.29, 0.717) is 11.4 Å². The molecule has 150 valence electrons. The van der Waals surface area contributed by atoms with Crippen LogP contribution in [0.3, 0.4) is 0 Å². The van der Waals surface area contributed by atoms with E-state index < -0.39 is 35.1 Å². The van der Waals surface area contributed by atoms with Gasteiger partial charge >= 0.3 is 5.97 Å². The topological polar surface area (TPSA) is 119 Å². The Kier molecular flexibility index (Phi) is 5.82. The van der Waals surface area contributed by atoms with E-state index >= 15 is 0 Å². The third kappa shape index (κ3) is 4.92. The highest BCUT2D eigenvalue weighted by molar-refractivity contribution is 6.00. The van der Waals surface area contributed by atoms with Gasteiger partial charge in [0.2, 0.25) is 5.91 Å². The molecule has 1 saturated heterocycles. The van der Waals surface area contributed by atoms with Gasteiger partial charge in [-0.15, -0.1) is 0 Å². The Bertz CT molecular complexity index is 963. The summed E-state index contributed by atoms with van der Waals surface area (Å²) in [4.78, 5) is 47.9. The number of anilines is 2. The number of nitro benzene ring substituents is 1. The number of rotatable bonds is 6. The number of nitrogens with one attached hydrogen (secondary N) is 1. The molecule has 0 spiro atoms. The maximum absolute atomic E-state index is 12.9. The number of amides is 2. The molecule has 0 bridgehead atoms. The Hall–Kier alpha value is -3.82. The molecule has 9 nitrogen and oxygen atoms in total. The monoisotopic (exact) mass is 401 g/mol. The zero-order valence-electron chi connectivity index (χ0n) is 15.0. The van der Waals surface area contributed by atoms with Crippen molar-refractivity contribution in [2.45, 2.75) is 6.42 Å². The van der Waals surface area contributed by atoms with Gasteiger partial charge in [0.05, 0.1) is 16.5 Å². The summed E-state index contributed by atoms with van der Waals surface area (Å²) in [5.74, 6) is -2.94. The lowest BCUT2D eigenvalue weighted by molar-refractivity contribution is -0.384. The van der Waals surface area contributed by atoms with Gasteiger partial charge in [0.25, 0.3) is 11.6 Å². The number of non-ortho nitro benzene ring substituents is 1. The lowest BCUT2D eigenvalue weighted by Crippen LogP contribution is -2.28. The minimum absolute atomic E-state index is 0.00157. The molecule has 3 rings (SSSR count). The fourth-order valence-corrected chi connectivity index (χ4v) is 2.87. The average Bonchev–Trinajstić information content (AvgIpc) is 3.10. The van der Waals surface area contributed by atoms with E-state index in [2.05, 4.69) is 5.32 Å². The van der Waals surface area contributed by atoms with Gasteiger partial charge in [0.15, 0.2) is 6.61 Å². The van der Waals surface area contributed by atoms with E-state index in [1.54, 1.807) is 0 Å². The quantitative estimate of drug-likeness (QED) is 0.451. The minimum atomic E-state index is -0.791.